The van der Waals surface area contributed by atoms with E-state index in [4.69, 9.17) is 0 Å². The van der Waals surface area contributed by atoms with E-state index in [0.29, 0.717) is 6.07 Å². The van der Waals surface area contributed by atoms with Crippen LogP contribution in [0, 0.1) is 0 Å². The molecule has 0 amide bonds. The maximum absolute atomic E-state index is 12.7. The van der Waals surface area contributed by atoms with Crippen molar-refractivity contribution in [1.82, 2.24) is 4.98 Å². The molecule has 0 saturated carbocycles. The zero-order chi connectivity index (χ0) is 14.6. The van der Waals surface area contributed by atoms with Crippen LogP contribution in [-0.2, 0) is 22.6 Å². The first kappa shape index (κ1) is 15.0. The molecule has 1 aromatic rings. The summed E-state index contributed by atoms with van der Waals surface area (Å²) in [5, 5.41) is 0. The van der Waals surface area contributed by atoms with Crippen LogP contribution in [0.15, 0.2) is 10.9 Å². The number of carbonyl (C=O) groups excluding carboxylic acids is 1. The molecule has 0 aliphatic heterocycles. The third-order valence-electron chi connectivity index (χ3n) is 2.12. The van der Waals surface area contributed by atoms with Crippen LogP contribution in [0.3, 0.4) is 0 Å². The minimum absolute atomic E-state index is 0.302. The van der Waals surface area contributed by atoms with Crippen molar-refractivity contribution < 1.29 is 31.8 Å². The van der Waals surface area contributed by atoms with Crippen molar-refractivity contribution in [3.63, 3.8) is 0 Å². The standard InChI is InChI=1S/C10H9F4NO4/c1-18-8(16)3-6-5(4-11)2-7(15-9(6)17)19-10(12,13)14/h2H,3-4H2,1H3,(H,15,17). The fourth-order valence-corrected chi connectivity index (χ4v) is 1.32. The van der Waals surface area contributed by atoms with Gasteiger partial charge in [-0.2, -0.15) is 0 Å². The summed E-state index contributed by atoms with van der Waals surface area (Å²) in [4.78, 5) is 24.3. The summed E-state index contributed by atoms with van der Waals surface area (Å²) in [5.74, 6) is -1.76. The maximum atomic E-state index is 12.7. The Bertz CT molecular complexity index is 523. The lowest BCUT2D eigenvalue weighted by Gasteiger charge is -2.11. The molecule has 0 aliphatic rings. The number of ether oxygens (including phenoxy) is 2. The number of hydrogen-bond acceptors (Lipinski definition) is 4. The van der Waals surface area contributed by atoms with Crippen molar-refractivity contribution in [2.75, 3.05) is 7.11 Å². The van der Waals surface area contributed by atoms with E-state index < -0.39 is 36.9 Å². The number of aromatic nitrogens is 1. The number of carbonyl (C=O) groups is 1. The van der Waals surface area contributed by atoms with E-state index in [9.17, 15) is 27.2 Å². The van der Waals surface area contributed by atoms with Gasteiger partial charge in [0, 0.05) is 11.6 Å². The molecule has 0 aromatic carbocycles. The molecule has 5 nitrogen and oxygen atoms in total. The van der Waals surface area contributed by atoms with Crippen molar-refractivity contribution >= 4 is 5.97 Å². The molecule has 0 saturated heterocycles. The van der Waals surface area contributed by atoms with Crippen LogP contribution in [0.25, 0.3) is 0 Å². The van der Waals surface area contributed by atoms with Crippen molar-refractivity contribution in [3.05, 3.63) is 27.5 Å². The van der Waals surface area contributed by atoms with Gasteiger partial charge in [-0.3, -0.25) is 14.6 Å². The van der Waals surface area contributed by atoms with E-state index in [0.717, 1.165) is 7.11 Å². The molecule has 1 heterocycles. The molecule has 0 bridgehead atoms. The van der Waals surface area contributed by atoms with E-state index in [1.165, 1.54) is 0 Å². The summed E-state index contributed by atoms with van der Waals surface area (Å²) in [6, 6.07) is 0.674. The number of aromatic amines is 1. The first-order valence-corrected chi connectivity index (χ1v) is 4.90. The normalized spacial score (nSPS) is 11.2. The quantitative estimate of drug-likeness (QED) is 0.671. The number of halogens is 4. The van der Waals surface area contributed by atoms with Gasteiger partial charge in [0.2, 0.25) is 5.88 Å². The first-order chi connectivity index (χ1) is 8.76. The highest BCUT2D eigenvalue weighted by molar-refractivity contribution is 5.72. The van der Waals surface area contributed by atoms with Gasteiger partial charge < -0.3 is 9.47 Å². The average molecular weight is 283 g/mol. The van der Waals surface area contributed by atoms with Crippen LogP contribution in [0.4, 0.5) is 17.6 Å². The molecule has 0 spiro atoms. The number of methoxy groups -OCH3 is 1. The van der Waals surface area contributed by atoms with Gasteiger partial charge in [0.25, 0.3) is 5.56 Å². The highest BCUT2D eigenvalue weighted by atomic mass is 19.4. The van der Waals surface area contributed by atoms with Gasteiger partial charge in [-0.25, -0.2) is 4.39 Å². The average Bonchev–Trinajstić information content (AvgIpc) is 2.29. The molecular weight excluding hydrogens is 274 g/mol. The summed E-state index contributed by atoms with van der Waals surface area (Å²) in [5.41, 5.74) is -1.71. The molecule has 1 aromatic heterocycles. The van der Waals surface area contributed by atoms with Crippen molar-refractivity contribution in [2.45, 2.75) is 19.5 Å². The minimum atomic E-state index is -5.01. The van der Waals surface area contributed by atoms with Gasteiger partial charge >= 0.3 is 12.3 Å². The zero-order valence-corrected chi connectivity index (χ0v) is 9.64. The van der Waals surface area contributed by atoms with Crippen molar-refractivity contribution in [1.29, 1.82) is 0 Å². The number of rotatable bonds is 4. The number of pyridine rings is 1. The number of alkyl halides is 4. The smallest absolute Gasteiger partial charge is 0.469 e. The van der Waals surface area contributed by atoms with Crippen LogP contribution in [0.5, 0.6) is 5.88 Å². The number of nitrogens with one attached hydrogen (secondary N) is 1. The number of esters is 1. The third-order valence-corrected chi connectivity index (χ3v) is 2.12. The Morgan fingerprint density at radius 1 is 1.42 bits per heavy atom. The van der Waals surface area contributed by atoms with Gasteiger partial charge in [-0.1, -0.05) is 0 Å². The Balaban J connectivity index is 3.15. The highest BCUT2D eigenvalue weighted by Gasteiger charge is 2.32. The molecule has 1 rings (SSSR count). The van der Waals surface area contributed by atoms with Crippen molar-refractivity contribution in [2.24, 2.45) is 0 Å². The fraction of sp³-hybridized carbons (Fsp3) is 0.400. The molecular formula is C10H9F4NO4. The van der Waals surface area contributed by atoms with Gasteiger partial charge in [-0.05, 0) is 5.56 Å². The molecule has 0 unspecified atom stereocenters. The summed E-state index contributed by atoms with van der Waals surface area (Å²) >= 11 is 0. The Kier molecular flexibility index (Phi) is 4.52. The molecule has 0 radical (unpaired) electrons. The minimum Gasteiger partial charge on any atom is -0.469 e. The van der Waals surface area contributed by atoms with E-state index >= 15 is 0 Å². The van der Waals surface area contributed by atoms with Crippen LogP contribution >= 0.6 is 0 Å². The Hall–Kier alpha value is -2.06. The molecule has 0 atom stereocenters. The Labute approximate surface area is 104 Å². The zero-order valence-electron chi connectivity index (χ0n) is 9.64. The van der Waals surface area contributed by atoms with E-state index in [2.05, 4.69) is 9.47 Å². The van der Waals surface area contributed by atoms with Crippen LogP contribution in [-0.4, -0.2) is 24.4 Å². The predicted molar refractivity (Wildman–Crippen MR) is 54.3 cm³/mol. The largest absolute Gasteiger partial charge is 0.574 e. The number of hydrogen-bond donors (Lipinski definition) is 1. The monoisotopic (exact) mass is 283 g/mol. The van der Waals surface area contributed by atoms with E-state index in [1.54, 1.807) is 4.98 Å². The summed E-state index contributed by atoms with van der Waals surface area (Å²) in [6.07, 6.45) is -5.56. The maximum Gasteiger partial charge on any atom is 0.574 e. The molecule has 19 heavy (non-hydrogen) atoms. The Morgan fingerprint density at radius 3 is 2.53 bits per heavy atom. The van der Waals surface area contributed by atoms with E-state index in [-0.39, 0.29) is 11.1 Å². The summed E-state index contributed by atoms with van der Waals surface area (Å²) in [6.45, 7) is -1.22. The summed E-state index contributed by atoms with van der Waals surface area (Å²) < 4.78 is 56.3. The van der Waals surface area contributed by atoms with Crippen LogP contribution in [0.1, 0.15) is 11.1 Å². The fourth-order valence-electron chi connectivity index (χ4n) is 1.32. The van der Waals surface area contributed by atoms with E-state index in [1.807, 2.05) is 0 Å². The summed E-state index contributed by atoms with van der Waals surface area (Å²) in [7, 11) is 1.06. The third kappa shape index (κ3) is 4.27. The molecule has 9 heteroatoms. The topological polar surface area (TPSA) is 68.4 Å². The predicted octanol–water partition coefficient (Wildman–Crippen LogP) is 1.46. The SMILES string of the molecule is COC(=O)Cc1c(CF)cc(OC(F)(F)F)[nH]c1=O. The molecule has 0 fully saturated rings. The number of H-pyrrole nitrogens is 1. The molecule has 106 valence electrons. The van der Waals surface area contributed by atoms with Crippen LogP contribution < -0.4 is 10.3 Å². The molecule has 1 N–H and O–H groups in total. The second-order valence-electron chi connectivity index (χ2n) is 3.40. The second-order valence-corrected chi connectivity index (χ2v) is 3.40. The van der Waals surface area contributed by atoms with Gasteiger partial charge in [0.05, 0.1) is 13.5 Å². The van der Waals surface area contributed by atoms with Crippen molar-refractivity contribution in [3.8, 4) is 5.88 Å². The lowest BCUT2D eigenvalue weighted by Crippen LogP contribution is -2.24. The lowest BCUT2D eigenvalue weighted by molar-refractivity contribution is -0.276. The second kappa shape index (κ2) is 5.72. The van der Waals surface area contributed by atoms with Gasteiger partial charge in [0.15, 0.2) is 0 Å². The van der Waals surface area contributed by atoms with Crippen LogP contribution in [0.2, 0.25) is 0 Å². The van der Waals surface area contributed by atoms with Gasteiger partial charge in [0.1, 0.15) is 6.67 Å². The Morgan fingerprint density at radius 2 is 2.05 bits per heavy atom. The lowest BCUT2D eigenvalue weighted by atomic mass is 10.1. The highest BCUT2D eigenvalue weighted by Crippen LogP contribution is 2.22. The van der Waals surface area contributed by atoms with Gasteiger partial charge in [-0.15, -0.1) is 13.2 Å². The molecule has 0 aliphatic carbocycles. The first-order valence-electron chi connectivity index (χ1n) is 4.90.